The fourth-order valence-corrected chi connectivity index (χ4v) is 1.14. The molecule has 0 amide bonds. The van der Waals surface area contributed by atoms with Gasteiger partial charge in [-0.05, 0) is 12.7 Å². The summed E-state index contributed by atoms with van der Waals surface area (Å²) in [6, 6.07) is -0.598. The molecule has 1 rings (SSSR count). The van der Waals surface area contributed by atoms with E-state index in [2.05, 4.69) is 6.58 Å². The van der Waals surface area contributed by atoms with Gasteiger partial charge in [-0.15, -0.1) is 0 Å². The number of carboxylic acids is 2. The van der Waals surface area contributed by atoms with Crippen molar-refractivity contribution in [3.8, 4) is 0 Å². The molecule has 0 fully saturated rings. The number of aliphatic carboxylic acids is 2. The van der Waals surface area contributed by atoms with Crippen LogP contribution in [-0.2, 0) is 14.3 Å². The Bertz CT molecular complexity index is 396. The molecule has 0 heterocycles. The van der Waals surface area contributed by atoms with E-state index in [1.54, 1.807) is 0 Å². The van der Waals surface area contributed by atoms with Crippen LogP contribution in [0, 0.1) is 0 Å². The summed E-state index contributed by atoms with van der Waals surface area (Å²) in [7, 11) is 0. The second-order valence-electron chi connectivity index (χ2n) is 3.17. The fourth-order valence-electron chi connectivity index (χ4n) is 1.14. The van der Waals surface area contributed by atoms with E-state index in [0.717, 1.165) is 0 Å². The third kappa shape index (κ3) is 2.71. The van der Waals surface area contributed by atoms with Crippen LogP contribution in [0.4, 0.5) is 0 Å². The van der Waals surface area contributed by atoms with Crippen LogP contribution < -0.4 is 5.73 Å². The first-order chi connectivity index (χ1) is 7.41. The Kier molecular flexibility index (Phi) is 3.47. The molecule has 0 radical (unpaired) electrons. The van der Waals surface area contributed by atoms with Gasteiger partial charge in [0.1, 0.15) is 6.10 Å². The summed E-state index contributed by atoms with van der Waals surface area (Å²) in [4.78, 5) is 21.1. The van der Waals surface area contributed by atoms with Gasteiger partial charge in [-0.2, -0.15) is 0 Å². The molecule has 0 aromatic heterocycles. The van der Waals surface area contributed by atoms with E-state index in [-0.39, 0.29) is 5.57 Å². The highest BCUT2D eigenvalue weighted by Gasteiger charge is 2.23. The molecule has 0 spiro atoms. The summed E-state index contributed by atoms with van der Waals surface area (Å²) in [5.74, 6) is -2.92. The molecule has 0 aromatic rings. The van der Waals surface area contributed by atoms with E-state index in [0.29, 0.717) is 0 Å². The predicted molar refractivity (Wildman–Crippen MR) is 54.5 cm³/mol. The monoisotopic (exact) mass is 225 g/mol. The van der Waals surface area contributed by atoms with Gasteiger partial charge in [-0.3, -0.25) is 0 Å². The average molecular weight is 225 g/mol. The second-order valence-corrected chi connectivity index (χ2v) is 3.17. The lowest BCUT2D eigenvalue weighted by molar-refractivity contribution is -0.137. The van der Waals surface area contributed by atoms with Crippen molar-refractivity contribution in [3.05, 3.63) is 36.1 Å². The first-order valence-corrected chi connectivity index (χ1v) is 4.39. The first-order valence-electron chi connectivity index (χ1n) is 4.39. The highest BCUT2D eigenvalue weighted by molar-refractivity contribution is 5.90. The molecule has 1 aliphatic rings. The molecular weight excluding hydrogens is 214 g/mol. The van der Waals surface area contributed by atoms with Gasteiger partial charge in [-0.25, -0.2) is 9.59 Å². The third-order valence-corrected chi connectivity index (χ3v) is 1.99. The Morgan fingerprint density at radius 2 is 2.06 bits per heavy atom. The maximum absolute atomic E-state index is 10.7. The second kappa shape index (κ2) is 4.63. The van der Waals surface area contributed by atoms with Crippen molar-refractivity contribution in [2.75, 3.05) is 0 Å². The number of carboxylic acid groups (broad SMARTS) is 2. The van der Waals surface area contributed by atoms with Crippen LogP contribution in [0.15, 0.2) is 36.1 Å². The van der Waals surface area contributed by atoms with Gasteiger partial charge in [0.05, 0.1) is 11.6 Å². The zero-order chi connectivity index (χ0) is 12.3. The van der Waals surface area contributed by atoms with Gasteiger partial charge in [0, 0.05) is 0 Å². The Morgan fingerprint density at radius 3 is 2.56 bits per heavy atom. The zero-order valence-electron chi connectivity index (χ0n) is 8.29. The van der Waals surface area contributed by atoms with Crippen molar-refractivity contribution >= 4 is 11.9 Å². The third-order valence-electron chi connectivity index (χ3n) is 1.99. The van der Waals surface area contributed by atoms with Gasteiger partial charge >= 0.3 is 11.9 Å². The van der Waals surface area contributed by atoms with Crippen LogP contribution >= 0.6 is 0 Å². The van der Waals surface area contributed by atoms with Gasteiger partial charge in [0.15, 0.2) is 5.76 Å². The molecule has 6 heteroatoms. The number of rotatable bonds is 4. The van der Waals surface area contributed by atoms with Crippen molar-refractivity contribution in [2.45, 2.75) is 12.1 Å². The Balaban J connectivity index is 2.80. The highest BCUT2D eigenvalue weighted by Crippen LogP contribution is 2.15. The molecule has 2 atom stereocenters. The van der Waals surface area contributed by atoms with E-state index >= 15 is 0 Å². The van der Waals surface area contributed by atoms with E-state index in [1.807, 2.05) is 0 Å². The molecule has 86 valence electrons. The molecule has 1 aliphatic carbocycles. The topological polar surface area (TPSA) is 110 Å². The largest absolute Gasteiger partial charge is 0.478 e. The molecule has 0 unspecified atom stereocenters. The van der Waals surface area contributed by atoms with Crippen LogP contribution in [0.2, 0.25) is 0 Å². The van der Waals surface area contributed by atoms with Gasteiger partial charge in [0.25, 0.3) is 0 Å². The fraction of sp³-hybridized carbons (Fsp3) is 0.200. The van der Waals surface area contributed by atoms with Crippen molar-refractivity contribution in [1.29, 1.82) is 0 Å². The number of ether oxygens (including phenoxy) is 1. The van der Waals surface area contributed by atoms with Crippen LogP contribution in [0.25, 0.3) is 0 Å². The number of hydrogen-bond donors (Lipinski definition) is 3. The lowest BCUT2D eigenvalue weighted by Gasteiger charge is -2.22. The van der Waals surface area contributed by atoms with E-state index in [1.165, 1.54) is 18.2 Å². The SMILES string of the molecule is C=C(O[C@@H]1C=C(C(=O)O)C=C[C@H]1N)C(=O)O. The van der Waals surface area contributed by atoms with E-state index in [9.17, 15) is 9.59 Å². The minimum absolute atomic E-state index is 0.00453. The zero-order valence-corrected chi connectivity index (χ0v) is 8.29. The van der Waals surface area contributed by atoms with Crippen LogP contribution in [-0.4, -0.2) is 34.3 Å². The van der Waals surface area contributed by atoms with E-state index in [4.69, 9.17) is 20.7 Å². The average Bonchev–Trinajstić information content (AvgIpc) is 2.20. The summed E-state index contributed by atoms with van der Waals surface area (Å²) in [5.41, 5.74) is 5.61. The van der Waals surface area contributed by atoms with Gasteiger partial charge in [-0.1, -0.05) is 12.2 Å². The van der Waals surface area contributed by atoms with Crippen molar-refractivity contribution < 1.29 is 24.5 Å². The predicted octanol–water partition coefficient (Wildman–Crippen LogP) is -0.122. The standard InChI is InChI=1S/C10H11NO5/c1-5(9(12)13)16-8-4-6(10(14)15)2-3-7(8)11/h2-4,7-8H,1,11H2,(H,12,13)(H,14,15)/t7-,8-/m1/s1. The lowest BCUT2D eigenvalue weighted by Crippen LogP contribution is -2.36. The summed E-state index contributed by atoms with van der Waals surface area (Å²) < 4.78 is 4.94. The smallest absolute Gasteiger partial charge is 0.370 e. The molecule has 0 saturated heterocycles. The first kappa shape index (κ1) is 12.0. The number of nitrogens with two attached hydrogens (primary N) is 1. The molecule has 16 heavy (non-hydrogen) atoms. The number of hydrogen-bond acceptors (Lipinski definition) is 4. The van der Waals surface area contributed by atoms with Crippen molar-refractivity contribution in [2.24, 2.45) is 5.73 Å². The van der Waals surface area contributed by atoms with Crippen LogP contribution in [0.1, 0.15) is 0 Å². The van der Waals surface area contributed by atoms with Gasteiger partial charge in [0.2, 0.25) is 0 Å². The van der Waals surface area contributed by atoms with Crippen LogP contribution in [0.5, 0.6) is 0 Å². The van der Waals surface area contributed by atoms with Crippen molar-refractivity contribution in [1.82, 2.24) is 0 Å². The Morgan fingerprint density at radius 1 is 1.44 bits per heavy atom. The summed E-state index contributed by atoms with van der Waals surface area (Å²) in [5, 5.41) is 17.3. The van der Waals surface area contributed by atoms with Gasteiger partial charge < -0.3 is 20.7 Å². The minimum atomic E-state index is -1.31. The molecule has 0 aromatic carbocycles. The summed E-state index contributed by atoms with van der Waals surface area (Å²) in [6.45, 7) is 3.17. The van der Waals surface area contributed by atoms with Crippen molar-refractivity contribution in [3.63, 3.8) is 0 Å². The maximum atomic E-state index is 10.7. The molecule has 4 N–H and O–H groups in total. The molecule has 0 saturated carbocycles. The minimum Gasteiger partial charge on any atom is -0.478 e. The molecule has 0 aliphatic heterocycles. The highest BCUT2D eigenvalue weighted by atomic mass is 16.5. The maximum Gasteiger partial charge on any atom is 0.370 e. The number of carbonyl (C=O) groups is 2. The van der Waals surface area contributed by atoms with E-state index < -0.39 is 29.8 Å². The summed E-state index contributed by atoms with van der Waals surface area (Å²) in [6.07, 6.45) is 3.19. The Hall–Kier alpha value is -2.08. The molecule has 0 bridgehead atoms. The molecular formula is C10H11NO5. The quantitative estimate of drug-likeness (QED) is 0.454. The molecule has 6 nitrogen and oxygen atoms in total. The Labute approximate surface area is 91.3 Å². The summed E-state index contributed by atoms with van der Waals surface area (Å²) >= 11 is 0. The lowest BCUT2D eigenvalue weighted by atomic mass is 10.0. The normalized spacial score (nSPS) is 23.4. The van der Waals surface area contributed by atoms with Crippen LogP contribution in [0.3, 0.4) is 0 Å².